The Morgan fingerprint density at radius 3 is 2.24 bits per heavy atom. The van der Waals surface area contributed by atoms with Crippen molar-refractivity contribution in [3.8, 4) is 17.0 Å². The van der Waals surface area contributed by atoms with E-state index < -0.39 is 0 Å². The largest absolute Gasteiger partial charge is 0.423 e. The monoisotopic (exact) mass is 455 g/mol. The second-order valence-corrected chi connectivity index (χ2v) is 9.65. The number of benzene rings is 2. The minimum absolute atomic E-state index is 0.332. The minimum Gasteiger partial charge on any atom is -0.423 e. The molecule has 0 atom stereocenters. The molecule has 3 nitrogen and oxygen atoms in total. The molecule has 0 spiro atoms. The van der Waals surface area contributed by atoms with Gasteiger partial charge in [0.1, 0.15) is 5.75 Å². The van der Waals surface area contributed by atoms with E-state index in [9.17, 15) is 4.79 Å². The average Bonchev–Trinajstić information content (AvgIpc) is 2.90. The van der Waals surface area contributed by atoms with Crippen LogP contribution in [0.1, 0.15) is 92.6 Å². The van der Waals surface area contributed by atoms with E-state index in [4.69, 9.17) is 4.74 Å². The van der Waals surface area contributed by atoms with Crippen LogP contribution in [-0.2, 0) is 6.42 Å². The van der Waals surface area contributed by atoms with Gasteiger partial charge in [-0.3, -0.25) is 4.98 Å². The molecule has 1 aliphatic carbocycles. The van der Waals surface area contributed by atoms with Gasteiger partial charge in [0.2, 0.25) is 0 Å². The second kappa shape index (κ2) is 12.0. The van der Waals surface area contributed by atoms with Crippen molar-refractivity contribution in [1.29, 1.82) is 0 Å². The number of aryl methyl sites for hydroxylation is 1. The van der Waals surface area contributed by atoms with E-state index in [1.54, 1.807) is 12.1 Å². The molecule has 178 valence electrons. The SMILES string of the molecule is CCCCCC1CCC(c2ccc(OC(=O)c3ccc(-c4ccc(CC)cn4)cc3)cc2)CC1. The van der Waals surface area contributed by atoms with Gasteiger partial charge in [-0.1, -0.05) is 69.9 Å². The number of ether oxygens (including phenoxy) is 1. The Hall–Kier alpha value is -2.94. The summed E-state index contributed by atoms with van der Waals surface area (Å²) in [5, 5.41) is 0. The molecule has 34 heavy (non-hydrogen) atoms. The molecule has 1 fully saturated rings. The highest BCUT2D eigenvalue weighted by Crippen LogP contribution is 2.38. The molecule has 1 aromatic heterocycles. The molecule has 0 bridgehead atoms. The van der Waals surface area contributed by atoms with E-state index >= 15 is 0 Å². The molecule has 2 aromatic carbocycles. The minimum atomic E-state index is -0.332. The number of carbonyl (C=O) groups is 1. The van der Waals surface area contributed by atoms with Crippen LogP contribution in [0.2, 0.25) is 0 Å². The van der Waals surface area contributed by atoms with Crippen molar-refractivity contribution >= 4 is 5.97 Å². The van der Waals surface area contributed by atoms with Crippen molar-refractivity contribution in [2.24, 2.45) is 5.92 Å². The van der Waals surface area contributed by atoms with E-state index in [0.29, 0.717) is 17.2 Å². The number of carbonyl (C=O) groups excluding carboxylic acids is 1. The summed E-state index contributed by atoms with van der Waals surface area (Å²) >= 11 is 0. The van der Waals surface area contributed by atoms with Crippen molar-refractivity contribution in [3.63, 3.8) is 0 Å². The summed E-state index contributed by atoms with van der Waals surface area (Å²) in [5.74, 6) is 1.82. The molecule has 4 rings (SSSR count). The fourth-order valence-electron chi connectivity index (χ4n) is 5.02. The van der Waals surface area contributed by atoms with Crippen LogP contribution >= 0.6 is 0 Å². The third-order valence-electron chi connectivity index (χ3n) is 7.27. The molecular formula is C31H37NO2. The van der Waals surface area contributed by atoms with Crippen LogP contribution < -0.4 is 4.74 Å². The molecular weight excluding hydrogens is 418 g/mol. The van der Waals surface area contributed by atoms with E-state index in [-0.39, 0.29) is 5.97 Å². The number of hydrogen-bond donors (Lipinski definition) is 0. The molecule has 0 saturated heterocycles. The number of unbranched alkanes of at least 4 members (excludes halogenated alkanes) is 2. The molecule has 0 unspecified atom stereocenters. The zero-order chi connectivity index (χ0) is 23.8. The summed E-state index contributed by atoms with van der Waals surface area (Å²) in [6.45, 7) is 4.39. The standard InChI is InChI=1S/C31H37NO2/c1-3-5-6-7-24-8-11-25(12-9-24)26-17-19-29(20-18-26)34-31(33)28-15-13-27(14-16-28)30-21-10-23(4-2)22-32-30/h10,13-22,24-25H,3-9,11-12H2,1-2H3. The van der Waals surface area contributed by atoms with Crippen LogP contribution in [0.25, 0.3) is 11.3 Å². The van der Waals surface area contributed by atoms with Crippen molar-refractivity contribution in [3.05, 3.63) is 83.6 Å². The highest BCUT2D eigenvalue weighted by atomic mass is 16.5. The lowest BCUT2D eigenvalue weighted by molar-refractivity contribution is 0.0734. The van der Waals surface area contributed by atoms with E-state index in [0.717, 1.165) is 23.6 Å². The zero-order valence-electron chi connectivity index (χ0n) is 20.6. The Kier molecular flexibility index (Phi) is 8.51. The molecule has 3 aromatic rings. The van der Waals surface area contributed by atoms with Crippen LogP contribution in [0.4, 0.5) is 0 Å². The second-order valence-electron chi connectivity index (χ2n) is 9.65. The number of hydrogen-bond acceptors (Lipinski definition) is 3. The lowest BCUT2D eigenvalue weighted by atomic mass is 9.77. The van der Waals surface area contributed by atoms with Crippen LogP contribution in [0.15, 0.2) is 66.9 Å². The van der Waals surface area contributed by atoms with Gasteiger partial charge < -0.3 is 4.74 Å². The predicted molar refractivity (Wildman–Crippen MR) is 139 cm³/mol. The maximum Gasteiger partial charge on any atom is 0.343 e. The first-order valence-corrected chi connectivity index (χ1v) is 13.0. The number of nitrogens with zero attached hydrogens (tertiary/aromatic N) is 1. The first-order chi connectivity index (χ1) is 16.7. The average molecular weight is 456 g/mol. The molecule has 1 heterocycles. The fraction of sp³-hybridized carbons (Fsp3) is 0.419. The van der Waals surface area contributed by atoms with Gasteiger partial charge in [-0.05, 0) is 85.4 Å². The van der Waals surface area contributed by atoms with Crippen molar-refractivity contribution in [1.82, 2.24) is 4.98 Å². The Bertz CT molecular complexity index is 1030. The topological polar surface area (TPSA) is 39.2 Å². The van der Waals surface area contributed by atoms with Crippen molar-refractivity contribution in [2.75, 3.05) is 0 Å². The van der Waals surface area contributed by atoms with Crippen LogP contribution in [0, 0.1) is 5.92 Å². The summed E-state index contributed by atoms with van der Waals surface area (Å²) in [6, 6.07) is 19.7. The van der Waals surface area contributed by atoms with E-state index in [1.165, 1.54) is 62.5 Å². The third-order valence-corrected chi connectivity index (χ3v) is 7.27. The number of pyridine rings is 1. The number of aromatic nitrogens is 1. The quantitative estimate of drug-likeness (QED) is 0.185. The van der Waals surface area contributed by atoms with Crippen LogP contribution in [0.3, 0.4) is 0 Å². The van der Waals surface area contributed by atoms with Gasteiger partial charge in [-0.2, -0.15) is 0 Å². The molecule has 3 heteroatoms. The van der Waals surface area contributed by atoms with Gasteiger partial charge in [0.15, 0.2) is 0 Å². The fourth-order valence-corrected chi connectivity index (χ4v) is 5.02. The normalized spacial score (nSPS) is 17.9. The number of rotatable bonds is 9. The molecule has 1 aliphatic rings. The maximum atomic E-state index is 12.6. The van der Waals surface area contributed by atoms with Crippen molar-refractivity contribution < 1.29 is 9.53 Å². The lowest BCUT2D eigenvalue weighted by Crippen LogP contribution is -2.13. The van der Waals surface area contributed by atoms with Gasteiger partial charge >= 0.3 is 5.97 Å². The Morgan fingerprint density at radius 1 is 0.882 bits per heavy atom. The molecule has 0 N–H and O–H groups in total. The van der Waals surface area contributed by atoms with Gasteiger partial charge in [0, 0.05) is 11.8 Å². The van der Waals surface area contributed by atoms with Crippen LogP contribution in [0.5, 0.6) is 5.75 Å². The summed E-state index contributed by atoms with van der Waals surface area (Å²) in [5.41, 5.74) is 5.02. The van der Waals surface area contributed by atoms with Gasteiger partial charge in [-0.25, -0.2) is 4.79 Å². The summed E-state index contributed by atoms with van der Waals surface area (Å²) in [7, 11) is 0. The third kappa shape index (κ3) is 6.34. The first kappa shape index (κ1) is 24.2. The van der Waals surface area contributed by atoms with Gasteiger partial charge in [0.05, 0.1) is 11.3 Å². The van der Waals surface area contributed by atoms with Gasteiger partial charge in [0.25, 0.3) is 0 Å². The predicted octanol–water partition coefficient (Wildman–Crippen LogP) is 8.38. The van der Waals surface area contributed by atoms with Crippen LogP contribution in [-0.4, -0.2) is 11.0 Å². The number of esters is 1. The first-order valence-electron chi connectivity index (χ1n) is 13.0. The summed E-state index contributed by atoms with van der Waals surface area (Å²) < 4.78 is 5.64. The smallest absolute Gasteiger partial charge is 0.343 e. The van der Waals surface area contributed by atoms with E-state index in [2.05, 4.69) is 37.0 Å². The summed E-state index contributed by atoms with van der Waals surface area (Å²) in [4.78, 5) is 17.2. The lowest BCUT2D eigenvalue weighted by Gasteiger charge is -2.29. The summed E-state index contributed by atoms with van der Waals surface area (Å²) in [6.07, 6.45) is 13.6. The maximum absolute atomic E-state index is 12.6. The molecule has 0 amide bonds. The molecule has 0 radical (unpaired) electrons. The highest BCUT2D eigenvalue weighted by Gasteiger charge is 2.22. The Labute approximate surface area is 204 Å². The van der Waals surface area contributed by atoms with E-state index in [1.807, 2.05) is 36.5 Å². The van der Waals surface area contributed by atoms with Crippen molar-refractivity contribution in [2.45, 2.75) is 77.6 Å². The molecule has 1 saturated carbocycles. The zero-order valence-corrected chi connectivity index (χ0v) is 20.6. The Morgan fingerprint density at radius 2 is 1.62 bits per heavy atom. The molecule has 0 aliphatic heterocycles. The van der Waals surface area contributed by atoms with Gasteiger partial charge in [-0.15, -0.1) is 0 Å². The Balaban J connectivity index is 1.29. The highest BCUT2D eigenvalue weighted by molar-refractivity contribution is 5.91.